The Balaban J connectivity index is 1.28. The summed E-state index contributed by atoms with van der Waals surface area (Å²) in [5.41, 5.74) is 5.19. The minimum atomic E-state index is -0.772. The van der Waals surface area contributed by atoms with E-state index in [0.717, 1.165) is 41.6 Å². The average Bonchev–Trinajstić information content (AvgIpc) is 3.32. The zero-order chi connectivity index (χ0) is 26.6. The van der Waals surface area contributed by atoms with Gasteiger partial charge in [-0.25, -0.2) is 10.4 Å². The molecule has 0 bridgehead atoms. The van der Waals surface area contributed by atoms with Crippen LogP contribution in [0.25, 0.3) is 10.2 Å². The van der Waals surface area contributed by atoms with Crippen molar-refractivity contribution in [3.63, 3.8) is 0 Å². The number of benzene rings is 2. The van der Waals surface area contributed by atoms with Gasteiger partial charge in [-0.3, -0.25) is 14.2 Å². The summed E-state index contributed by atoms with van der Waals surface area (Å²) in [7, 11) is 1.56. The van der Waals surface area contributed by atoms with Gasteiger partial charge in [-0.05, 0) is 77.4 Å². The molecule has 1 N–H and O–H groups in total. The molecule has 0 spiro atoms. The molecule has 0 radical (unpaired) electrons. The maximum Gasteiger partial charge on any atom is 0.263 e. The van der Waals surface area contributed by atoms with Crippen LogP contribution in [-0.2, 0) is 24.2 Å². The first-order chi connectivity index (χ1) is 18.5. The van der Waals surface area contributed by atoms with E-state index in [9.17, 15) is 9.59 Å². The average molecular weight is 596 g/mol. The smallest absolute Gasteiger partial charge is 0.263 e. The Morgan fingerprint density at radius 1 is 1.26 bits per heavy atom. The second kappa shape index (κ2) is 11.5. The van der Waals surface area contributed by atoms with Crippen molar-refractivity contribution in [2.45, 2.75) is 45.3 Å². The Bertz CT molecular complexity index is 1560. The van der Waals surface area contributed by atoms with Crippen LogP contribution in [0.3, 0.4) is 0 Å². The van der Waals surface area contributed by atoms with Crippen LogP contribution < -0.4 is 20.5 Å². The summed E-state index contributed by atoms with van der Waals surface area (Å²) in [5.74, 6) is 0.688. The molecule has 1 atom stereocenters. The number of aryl methyl sites for hydroxylation is 2. The fraction of sp³-hybridized carbons (Fsp3) is 0.286. The molecule has 0 fully saturated rings. The monoisotopic (exact) mass is 594 g/mol. The number of rotatable bonds is 8. The molecule has 0 aliphatic heterocycles. The number of carbonyl (C=O) groups is 1. The van der Waals surface area contributed by atoms with E-state index in [1.807, 2.05) is 36.4 Å². The summed E-state index contributed by atoms with van der Waals surface area (Å²) in [6.45, 7) is 2.06. The molecule has 2 aromatic heterocycles. The maximum atomic E-state index is 13.3. The fourth-order valence-corrected chi connectivity index (χ4v) is 6.30. The van der Waals surface area contributed by atoms with Crippen LogP contribution in [-0.4, -0.2) is 28.8 Å². The highest BCUT2D eigenvalue weighted by molar-refractivity contribution is 9.10. The number of hydrogen-bond donors (Lipinski definition) is 1. The van der Waals surface area contributed by atoms with Crippen LogP contribution in [0, 0.1) is 0 Å². The molecule has 2 heterocycles. The molecule has 38 heavy (non-hydrogen) atoms. The molecular formula is C28H27BrN4O4S. The topological polar surface area (TPSA) is 94.8 Å². The molecule has 196 valence electrons. The SMILES string of the molecule is COc1cc(C=NNC(=O)C(C)n2cnc3sc4c(c3c2=O)CCCC4)cc(Br)c1OCc1ccccc1. The third-order valence-corrected chi connectivity index (χ3v) is 8.35. The predicted molar refractivity (Wildman–Crippen MR) is 152 cm³/mol. The van der Waals surface area contributed by atoms with Crippen LogP contribution in [0.5, 0.6) is 11.5 Å². The number of hydrazone groups is 1. The van der Waals surface area contributed by atoms with E-state index in [0.29, 0.717) is 33.5 Å². The van der Waals surface area contributed by atoms with Gasteiger partial charge in [0.25, 0.3) is 11.5 Å². The van der Waals surface area contributed by atoms with Crippen molar-refractivity contribution in [2.24, 2.45) is 5.10 Å². The first kappa shape index (κ1) is 26.1. The van der Waals surface area contributed by atoms with Crippen molar-refractivity contribution in [1.29, 1.82) is 0 Å². The van der Waals surface area contributed by atoms with Crippen molar-refractivity contribution < 1.29 is 14.3 Å². The minimum Gasteiger partial charge on any atom is -0.493 e. The predicted octanol–water partition coefficient (Wildman–Crippen LogP) is 5.40. The highest BCUT2D eigenvalue weighted by Crippen LogP contribution is 2.37. The van der Waals surface area contributed by atoms with Gasteiger partial charge in [0.1, 0.15) is 17.5 Å². The van der Waals surface area contributed by atoms with Crippen molar-refractivity contribution in [1.82, 2.24) is 15.0 Å². The number of fused-ring (bicyclic) bond motifs is 3. The Morgan fingerprint density at radius 2 is 2.05 bits per heavy atom. The van der Waals surface area contributed by atoms with E-state index in [1.54, 1.807) is 31.4 Å². The zero-order valence-electron chi connectivity index (χ0n) is 21.1. The molecule has 5 rings (SSSR count). The van der Waals surface area contributed by atoms with Gasteiger partial charge >= 0.3 is 0 Å². The molecule has 0 saturated heterocycles. The van der Waals surface area contributed by atoms with E-state index < -0.39 is 11.9 Å². The van der Waals surface area contributed by atoms with Crippen LogP contribution >= 0.6 is 27.3 Å². The molecule has 8 nitrogen and oxygen atoms in total. The van der Waals surface area contributed by atoms with Gasteiger partial charge in [0.05, 0.1) is 29.5 Å². The van der Waals surface area contributed by atoms with E-state index in [-0.39, 0.29) is 5.56 Å². The largest absolute Gasteiger partial charge is 0.493 e. The summed E-state index contributed by atoms with van der Waals surface area (Å²) in [4.78, 5) is 32.6. The Hall–Kier alpha value is -3.50. The number of methoxy groups -OCH3 is 1. The van der Waals surface area contributed by atoms with Gasteiger partial charge in [-0.2, -0.15) is 5.10 Å². The summed E-state index contributed by atoms with van der Waals surface area (Å²) < 4.78 is 13.6. The number of thiophene rings is 1. The molecule has 1 unspecified atom stereocenters. The minimum absolute atomic E-state index is 0.180. The van der Waals surface area contributed by atoms with Gasteiger partial charge in [0.2, 0.25) is 0 Å². The van der Waals surface area contributed by atoms with Crippen molar-refractivity contribution in [3.8, 4) is 11.5 Å². The third kappa shape index (κ3) is 5.37. The van der Waals surface area contributed by atoms with Crippen LogP contribution in [0.2, 0.25) is 0 Å². The number of amides is 1. The van der Waals surface area contributed by atoms with Crippen LogP contribution in [0.4, 0.5) is 0 Å². The zero-order valence-corrected chi connectivity index (χ0v) is 23.5. The quantitative estimate of drug-likeness (QED) is 0.218. The molecular weight excluding hydrogens is 568 g/mol. The Morgan fingerprint density at radius 3 is 2.84 bits per heavy atom. The van der Waals surface area contributed by atoms with Gasteiger partial charge in [0.15, 0.2) is 11.5 Å². The second-order valence-electron chi connectivity index (χ2n) is 9.07. The Kier molecular flexibility index (Phi) is 7.90. The summed E-state index contributed by atoms with van der Waals surface area (Å²) in [6.07, 6.45) is 7.04. The molecule has 2 aromatic carbocycles. The molecule has 1 amide bonds. The molecule has 1 aliphatic carbocycles. The third-order valence-electron chi connectivity index (χ3n) is 6.56. The highest BCUT2D eigenvalue weighted by atomic mass is 79.9. The van der Waals surface area contributed by atoms with E-state index in [2.05, 4.69) is 31.4 Å². The number of nitrogens with zero attached hydrogens (tertiary/aromatic N) is 3. The number of halogens is 1. The first-order valence-corrected chi connectivity index (χ1v) is 14.0. The van der Waals surface area contributed by atoms with Gasteiger partial charge in [-0.1, -0.05) is 30.3 Å². The lowest BCUT2D eigenvalue weighted by Crippen LogP contribution is -2.34. The van der Waals surface area contributed by atoms with Crippen LogP contribution in [0.1, 0.15) is 47.4 Å². The van der Waals surface area contributed by atoms with E-state index in [4.69, 9.17) is 9.47 Å². The van der Waals surface area contributed by atoms with E-state index in [1.165, 1.54) is 22.0 Å². The summed E-state index contributed by atoms with van der Waals surface area (Å²) in [5, 5.41) is 4.76. The second-order valence-corrected chi connectivity index (χ2v) is 11.0. The lowest BCUT2D eigenvalue weighted by molar-refractivity contribution is -0.123. The number of carbonyl (C=O) groups excluding carboxylic acids is 1. The summed E-state index contributed by atoms with van der Waals surface area (Å²) in [6, 6.07) is 12.7. The van der Waals surface area contributed by atoms with Crippen LogP contribution in [0.15, 0.2) is 63.2 Å². The molecule has 4 aromatic rings. The lowest BCUT2D eigenvalue weighted by Gasteiger charge is -2.14. The lowest BCUT2D eigenvalue weighted by atomic mass is 9.97. The van der Waals surface area contributed by atoms with Crippen molar-refractivity contribution in [2.75, 3.05) is 7.11 Å². The van der Waals surface area contributed by atoms with Gasteiger partial charge in [-0.15, -0.1) is 11.3 Å². The normalized spacial score (nSPS) is 13.9. The number of ether oxygens (including phenoxy) is 2. The van der Waals surface area contributed by atoms with E-state index >= 15 is 0 Å². The standard InChI is InChI=1S/C28H27BrN4O4S/c1-17(33-16-30-27-24(28(33)35)20-10-6-7-11-23(20)38-27)26(34)32-31-14-19-12-21(29)25(22(13-19)36-2)37-15-18-8-4-3-5-9-18/h3-5,8-9,12-14,16-17H,6-7,10-11,15H2,1-2H3,(H,32,34). The fourth-order valence-electron chi connectivity index (χ4n) is 4.51. The molecule has 10 heteroatoms. The maximum absolute atomic E-state index is 13.3. The number of aromatic nitrogens is 2. The Labute approximate surface area is 232 Å². The molecule has 0 saturated carbocycles. The first-order valence-electron chi connectivity index (χ1n) is 12.3. The molecule has 1 aliphatic rings. The highest BCUT2D eigenvalue weighted by Gasteiger charge is 2.23. The van der Waals surface area contributed by atoms with Gasteiger partial charge < -0.3 is 9.47 Å². The van der Waals surface area contributed by atoms with Crippen molar-refractivity contribution >= 4 is 49.6 Å². The van der Waals surface area contributed by atoms with Crippen molar-refractivity contribution in [3.05, 3.63) is 85.2 Å². The number of hydrogen-bond acceptors (Lipinski definition) is 7. The number of nitrogens with one attached hydrogen (secondary N) is 1. The van der Waals surface area contributed by atoms with Gasteiger partial charge in [0, 0.05) is 4.88 Å². The summed E-state index contributed by atoms with van der Waals surface area (Å²) >= 11 is 5.13.